The number of anilines is 1. The van der Waals surface area contributed by atoms with Gasteiger partial charge in [-0.05, 0) is 30.5 Å². The van der Waals surface area contributed by atoms with Crippen molar-refractivity contribution in [3.8, 4) is 6.07 Å². The first-order chi connectivity index (χ1) is 25.3. The molecule has 1 atom stereocenters. The van der Waals surface area contributed by atoms with Gasteiger partial charge in [-0.1, -0.05) is 36.7 Å². The number of benzene rings is 1. The van der Waals surface area contributed by atoms with E-state index in [1.54, 1.807) is 28.8 Å². The Kier molecular flexibility index (Phi) is 20.7. The van der Waals surface area contributed by atoms with Gasteiger partial charge in [-0.3, -0.25) is 23.9 Å². The standard InChI is InChI=1S/C34H49ClN8O8S/c1-25(44)39-28(24-52-34-40-29-30(41-33(37)42-32(29)46)43(34)23-27-8-6-26(22-36)7-9-27)31(45)38-11-13-48-15-17-50-19-21-51-20-18-49-16-14-47-12-5-3-2-4-10-35/h6-9,28H,2-5,10-21,23-24H2,1H3,(H,38,45)(H,39,44)(H3,37,41,42,46)/t28-/m1/s1. The third kappa shape index (κ3) is 16.3. The van der Waals surface area contributed by atoms with E-state index in [0.29, 0.717) is 63.6 Å². The van der Waals surface area contributed by atoms with Crippen LogP contribution in [-0.2, 0) is 39.8 Å². The number of halogens is 1. The Morgan fingerprint density at radius 2 is 1.52 bits per heavy atom. The van der Waals surface area contributed by atoms with Crippen molar-refractivity contribution in [2.75, 3.05) is 90.0 Å². The van der Waals surface area contributed by atoms with Crippen LogP contribution < -0.4 is 21.9 Å². The molecule has 0 aliphatic rings. The third-order valence-electron chi connectivity index (χ3n) is 7.29. The molecule has 0 saturated carbocycles. The quantitative estimate of drug-likeness (QED) is 0.0474. The van der Waals surface area contributed by atoms with Gasteiger partial charge in [0.2, 0.25) is 17.8 Å². The lowest BCUT2D eigenvalue weighted by Gasteiger charge is -2.17. The summed E-state index contributed by atoms with van der Waals surface area (Å²) in [6.45, 7) is 6.44. The molecule has 0 fully saturated rings. The number of unbranched alkanes of at least 4 members (excludes halogenated alkanes) is 3. The monoisotopic (exact) mass is 764 g/mol. The van der Waals surface area contributed by atoms with Gasteiger partial charge < -0.3 is 40.1 Å². The van der Waals surface area contributed by atoms with Gasteiger partial charge in [0.1, 0.15) is 6.04 Å². The normalized spacial score (nSPS) is 11.8. The molecule has 0 unspecified atom stereocenters. The maximum atomic E-state index is 13.0. The van der Waals surface area contributed by atoms with Crippen molar-refractivity contribution in [2.45, 2.75) is 50.4 Å². The smallest absolute Gasteiger partial charge is 0.280 e. The number of ether oxygens (including phenoxy) is 5. The highest BCUT2D eigenvalue weighted by Crippen LogP contribution is 2.24. The van der Waals surface area contributed by atoms with Crippen LogP contribution in [0.1, 0.15) is 43.7 Å². The summed E-state index contributed by atoms with van der Waals surface area (Å²) in [7, 11) is 0. The number of alkyl halides is 1. The average molecular weight is 765 g/mol. The van der Waals surface area contributed by atoms with E-state index in [-0.39, 0.29) is 48.5 Å². The lowest BCUT2D eigenvalue weighted by atomic mass is 10.1. The SMILES string of the molecule is CC(=O)N[C@H](CSc1nc2c(=O)[nH]c(N)nc2n1Cc1ccc(C#N)cc1)C(=O)NCCOCCOCCOCCOCCOCCCCCCCl. The molecule has 16 nitrogen and oxygen atoms in total. The number of nitriles is 1. The number of hydrogen-bond donors (Lipinski definition) is 4. The van der Waals surface area contributed by atoms with Crippen molar-refractivity contribution in [1.82, 2.24) is 30.2 Å². The second-order valence-electron chi connectivity index (χ2n) is 11.4. The number of nitrogens with one attached hydrogen (secondary N) is 3. The number of aromatic nitrogens is 4. The maximum Gasteiger partial charge on any atom is 0.280 e. The summed E-state index contributed by atoms with van der Waals surface area (Å²) in [5.41, 5.74) is 7.00. The number of carbonyl (C=O) groups is 2. The zero-order valence-electron chi connectivity index (χ0n) is 29.5. The van der Waals surface area contributed by atoms with Crippen LogP contribution in [0.15, 0.2) is 34.2 Å². The number of thioether (sulfide) groups is 1. The number of hydrogen-bond acceptors (Lipinski definition) is 13. The lowest BCUT2D eigenvalue weighted by Crippen LogP contribution is -2.48. The number of aromatic amines is 1. The number of nitrogens with two attached hydrogens (primary N) is 1. The Labute approximate surface area is 312 Å². The minimum Gasteiger partial charge on any atom is -0.379 e. The number of fused-ring (bicyclic) bond motifs is 1. The van der Waals surface area contributed by atoms with Crippen molar-refractivity contribution in [3.63, 3.8) is 0 Å². The molecule has 0 aliphatic heterocycles. The molecule has 2 amide bonds. The molecular weight excluding hydrogens is 716 g/mol. The van der Waals surface area contributed by atoms with Crippen molar-refractivity contribution < 1.29 is 33.3 Å². The molecule has 1 aromatic carbocycles. The molecule has 0 aliphatic carbocycles. The van der Waals surface area contributed by atoms with Gasteiger partial charge in [0.25, 0.3) is 5.56 Å². The highest BCUT2D eigenvalue weighted by molar-refractivity contribution is 7.99. The number of H-pyrrole nitrogens is 1. The summed E-state index contributed by atoms with van der Waals surface area (Å²) < 4.78 is 29.3. The van der Waals surface area contributed by atoms with E-state index in [0.717, 1.165) is 43.7 Å². The van der Waals surface area contributed by atoms with Gasteiger partial charge in [-0.25, -0.2) is 4.98 Å². The van der Waals surface area contributed by atoms with Gasteiger partial charge in [0, 0.05) is 31.7 Å². The number of amides is 2. The van der Waals surface area contributed by atoms with Crippen LogP contribution in [-0.4, -0.2) is 122 Å². The number of nitrogen functional groups attached to an aromatic ring is 1. The average Bonchev–Trinajstić information content (AvgIpc) is 3.47. The minimum absolute atomic E-state index is 0.0665. The molecule has 0 spiro atoms. The van der Waals surface area contributed by atoms with Gasteiger partial charge in [-0.15, -0.1) is 11.6 Å². The summed E-state index contributed by atoms with van der Waals surface area (Å²) in [4.78, 5) is 48.8. The Morgan fingerprint density at radius 3 is 2.12 bits per heavy atom. The van der Waals surface area contributed by atoms with E-state index in [4.69, 9.17) is 46.3 Å². The van der Waals surface area contributed by atoms with Crippen molar-refractivity contribution in [1.29, 1.82) is 5.26 Å². The Balaban J connectivity index is 1.32. The summed E-state index contributed by atoms with van der Waals surface area (Å²) in [5.74, 6) is -0.0191. The van der Waals surface area contributed by atoms with Crippen LogP contribution in [0.2, 0.25) is 0 Å². The minimum atomic E-state index is -0.898. The van der Waals surface area contributed by atoms with E-state index >= 15 is 0 Å². The van der Waals surface area contributed by atoms with Crippen LogP contribution in [0.3, 0.4) is 0 Å². The number of carbonyl (C=O) groups excluding carboxylic acids is 2. The fraction of sp³-hybridized carbons (Fsp3) is 0.588. The Bertz CT molecular complexity index is 1600. The van der Waals surface area contributed by atoms with Crippen LogP contribution in [0.5, 0.6) is 0 Å². The number of nitrogens with zero attached hydrogens (tertiary/aromatic N) is 4. The first-order valence-electron chi connectivity index (χ1n) is 17.2. The highest BCUT2D eigenvalue weighted by Gasteiger charge is 2.23. The van der Waals surface area contributed by atoms with Crippen LogP contribution in [0.25, 0.3) is 11.2 Å². The number of rotatable bonds is 28. The van der Waals surface area contributed by atoms with Crippen LogP contribution in [0, 0.1) is 11.3 Å². The first kappa shape index (κ1) is 42.7. The zero-order valence-corrected chi connectivity index (χ0v) is 31.1. The summed E-state index contributed by atoms with van der Waals surface area (Å²) in [6, 6.07) is 8.13. The zero-order chi connectivity index (χ0) is 37.4. The molecule has 5 N–H and O–H groups in total. The highest BCUT2D eigenvalue weighted by atomic mass is 35.5. The van der Waals surface area contributed by atoms with Gasteiger partial charge in [0.15, 0.2) is 16.3 Å². The maximum absolute atomic E-state index is 13.0. The van der Waals surface area contributed by atoms with Gasteiger partial charge in [-0.2, -0.15) is 10.2 Å². The van der Waals surface area contributed by atoms with Crippen LogP contribution in [0.4, 0.5) is 5.95 Å². The van der Waals surface area contributed by atoms with Crippen LogP contribution >= 0.6 is 23.4 Å². The largest absolute Gasteiger partial charge is 0.379 e. The van der Waals surface area contributed by atoms with Gasteiger partial charge in [0.05, 0.1) is 77.6 Å². The number of imidazole rings is 1. The Morgan fingerprint density at radius 1 is 0.923 bits per heavy atom. The predicted molar refractivity (Wildman–Crippen MR) is 197 cm³/mol. The van der Waals surface area contributed by atoms with Gasteiger partial charge >= 0.3 is 0 Å². The summed E-state index contributed by atoms with van der Waals surface area (Å²) in [6.07, 6.45) is 4.37. The molecule has 18 heteroatoms. The van der Waals surface area contributed by atoms with E-state index < -0.39 is 17.5 Å². The topological polar surface area (TPSA) is 218 Å². The molecule has 2 heterocycles. The van der Waals surface area contributed by atoms with Crippen molar-refractivity contribution in [3.05, 3.63) is 45.7 Å². The molecule has 2 aromatic heterocycles. The molecule has 3 aromatic rings. The van der Waals surface area contributed by atoms with Crippen molar-refractivity contribution in [2.24, 2.45) is 0 Å². The van der Waals surface area contributed by atoms with E-state index in [2.05, 4.69) is 31.7 Å². The molecule has 0 bridgehead atoms. The summed E-state index contributed by atoms with van der Waals surface area (Å²) >= 11 is 6.84. The first-order valence-corrected chi connectivity index (χ1v) is 18.7. The fourth-order valence-electron chi connectivity index (χ4n) is 4.72. The predicted octanol–water partition coefficient (Wildman–Crippen LogP) is 2.22. The molecule has 0 radical (unpaired) electrons. The molecule has 52 heavy (non-hydrogen) atoms. The lowest BCUT2D eigenvalue weighted by molar-refractivity contribution is -0.127. The Hall–Kier alpha value is -3.76. The fourth-order valence-corrected chi connectivity index (χ4v) is 5.92. The van der Waals surface area contributed by atoms with E-state index in [9.17, 15) is 14.4 Å². The van der Waals surface area contributed by atoms with E-state index in [1.807, 2.05) is 0 Å². The van der Waals surface area contributed by atoms with E-state index in [1.165, 1.54) is 18.7 Å². The molecule has 3 rings (SSSR count). The molecule has 286 valence electrons. The van der Waals surface area contributed by atoms with Crippen molar-refractivity contribution >= 4 is 52.3 Å². The summed E-state index contributed by atoms with van der Waals surface area (Å²) in [5, 5.41) is 15.0. The molecular formula is C34H49ClN8O8S. The third-order valence-corrected chi connectivity index (χ3v) is 8.63. The molecule has 0 saturated heterocycles. The second kappa shape index (κ2) is 25.3. The second-order valence-corrected chi connectivity index (χ2v) is 12.8.